The van der Waals surface area contributed by atoms with Gasteiger partial charge in [-0.3, -0.25) is 0 Å². The zero-order valence-corrected chi connectivity index (χ0v) is 12.2. The highest BCUT2D eigenvalue weighted by Gasteiger charge is 2.11. The molecule has 0 saturated heterocycles. The van der Waals surface area contributed by atoms with E-state index in [1.165, 1.54) is 0 Å². The van der Waals surface area contributed by atoms with E-state index < -0.39 is 10.0 Å². The van der Waals surface area contributed by atoms with E-state index in [-0.39, 0.29) is 11.5 Å². The number of hydrogen-bond donors (Lipinski definition) is 3. The molecule has 0 aromatic heterocycles. The summed E-state index contributed by atoms with van der Waals surface area (Å²) in [7, 11) is -3.38. The third-order valence-corrected chi connectivity index (χ3v) is 4.34. The summed E-state index contributed by atoms with van der Waals surface area (Å²) in [5.41, 5.74) is 0.875. The molecule has 0 radical (unpaired) electrons. The van der Waals surface area contributed by atoms with Gasteiger partial charge in [-0.2, -0.15) is 0 Å². The van der Waals surface area contributed by atoms with Crippen LogP contribution in [0.4, 0.5) is 5.69 Å². The van der Waals surface area contributed by atoms with Gasteiger partial charge in [0, 0.05) is 25.4 Å². The van der Waals surface area contributed by atoms with Crippen LogP contribution >= 0.6 is 0 Å². The summed E-state index contributed by atoms with van der Waals surface area (Å²) in [6.45, 7) is 5.10. The van der Waals surface area contributed by atoms with Crippen molar-refractivity contribution in [2.75, 3.05) is 25.0 Å². The molecule has 0 amide bonds. The molecule has 0 aliphatic carbocycles. The molecule has 19 heavy (non-hydrogen) atoms. The smallest absolute Gasteiger partial charge is 0.240 e. The van der Waals surface area contributed by atoms with Crippen molar-refractivity contribution in [1.29, 1.82) is 0 Å². The minimum atomic E-state index is -3.38. The Morgan fingerprint density at radius 1 is 1.26 bits per heavy atom. The maximum Gasteiger partial charge on any atom is 0.240 e. The van der Waals surface area contributed by atoms with Crippen LogP contribution in [0.2, 0.25) is 0 Å². The van der Waals surface area contributed by atoms with Crippen molar-refractivity contribution in [1.82, 2.24) is 4.72 Å². The molecule has 1 aromatic carbocycles. The quantitative estimate of drug-likeness (QED) is 0.675. The van der Waals surface area contributed by atoms with Gasteiger partial charge in [0.25, 0.3) is 0 Å². The first-order chi connectivity index (χ1) is 8.99. The number of benzene rings is 1. The van der Waals surface area contributed by atoms with Crippen molar-refractivity contribution < 1.29 is 13.5 Å². The fourth-order valence-corrected chi connectivity index (χ4v) is 2.68. The molecule has 1 atom stereocenters. The maximum absolute atomic E-state index is 11.7. The van der Waals surface area contributed by atoms with Crippen LogP contribution in [0.15, 0.2) is 29.2 Å². The van der Waals surface area contributed by atoms with E-state index in [2.05, 4.69) is 10.0 Å². The third-order valence-electron chi connectivity index (χ3n) is 2.78. The molecule has 1 unspecified atom stereocenters. The number of rotatable bonds is 8. The Bertz CT molecular complexity index is 471. The van der Waals surface area contributed by atoms with E-state index in [1.54, 1.807) is 31.2 Å². The van der Waals surface area contributed by atoms with Gasteiger partial charge in [-0.1, -0.05) is 13.8 Å². The number of anilines is 1. The van der Waals surface area contributed by atoms with Gasteiger partial charge >= 0.3 is 0 Å². The molecule has 0 aliphatic heterocycles. The van der Waals surface area contributed by atoms with Gasteiger partial charge in [-0.25, -0.2) is 13.1 Å². The largest absolute Gasteiger partial charge is 0.396 e. The fraction of sp³-hybridized carbons (Fsp3) is 0.538. The van der Waals surface area contributed by atoms with Crippen molar-refractivity contribution >= 4 is 15.7 Å². The van der Waals surface area contributed by atoms with Gasteiger partial charge in [-0.15, -0.1) is 0 Å². The fourth-order valence-electron chi connectivity index (χ4n) is 1.64. The Morgan fingerprint density at radius 2 is 1.89 bits per heavy atom. The average Bonchev–Trinajstić information content (AvgIpc) is 2.37. The van der Waals surface area contributed by atoms with Gasteiger partial charge in [0.1, 0.15) is 0 Å². The van der Waals surface area contributed by atoms with Gasteiger partial charge in [0.2, 0.25) is 10.0 Å². The van der Waals surface area contributed by atoms with Crippen molar-refractivity contribution in [3.05, 3.63) is 24.3 Å². The zero-order chi connectivity index (χ0) is 14.3. The van der Waals surface area contributed by atoms with Crippen molar-refractivity contribution in [3.8, 4) is 0 Å². The highest BCUT2D eigenvalue weighted by atomic mass is 32.2. The average molecular weight is 286 g/mol. The first-order valence-corrected chi connectivity index (χ1v) is 7.92. The molecule has 0 saturated carbocycles. The monoisotopic (exact) mass is 286 g/mol. The summed E-state index contributed by atoms with van der Waals surface area (Å²) in [5, 5.41) is 12.0. The molecular formula is C13H22N2O3S. The molecule has 0 spiro atoms. The summed E-state index contributed by atoms with van der Waals surface area (Å²) >= 11 is 0. The van der Waals surface area contributed by atoms with Crippen LogP contribution in [0.25, 0.3) is 0 Å². The molecule has 0 bridgehead atoms. The van der Waals surface area contributed by atoms with Crippen LogP contribution in [0.5, 0.6) is 0 Å². The molecule has 6 heteroatoms. The topological polar surface area (TPSA) is 78.4 Å². The lowest BCUT2D eigenvalue weighted by Crippen LogP contribution is -2.23. The van der Waals surface area contributed by atoms with Crippen LogP contribution in [-0.2, 0) is 10.0 Å². The Hall–Kier alpha value is -1.11. The summed E-state index contributed by atoms with van der Waals surface area (Å²) in [6.07, 6.45) is 0.750. The van der Waals surface area contributed by atoms with Crippen LogP contribution < -0.4 is 10.0 Å². The van der Waals surface area contributed by atoms with Gasteiger partial charge in [0.15, 0.2) is 0 Å². The molecule has 0 aliphatic rings. The van der Waals surface area contributed by atoms with Crippen molar-refractivity contribution in [2.45, 2.75) is 25.2 Å². The Morgan fingerprint density at radius 3 is 2.42 bits per heavy atom. The first kappa shape index (κ1) is 15.9. The number of hydrogen-bond acceptors (Lipinski definition) is 4. The highest BCUT2D eigenvalue weighted by molar-refractivity contribution is 7.89. The van der Waals surface area contributed by atoms with E-state index in [4.69, 9.17) is 5.11 Å². The summed E-state index contributed by atoms with van der Waals surface area (Å²) < 4.78 is 25.9. The molecular weight excluding hydrogens is 264 g/mol. The molecule has 0 fully saturated rings. The second-order valence-electron chi connectivity index (χ2n) is 4.52. The number of sulfonamides is 1. The van der Waals surface area contributed by atoms with Crippen LogP contribution in [-0.4, -0.2) is 33.2 Å². The lowest BCUT2D eigenvalue weighted by molar-refractivity contribution is 0.266. The molecule has 5 nitrogen and oxygen atoms in total. The van der Waals surface area contributed by atoms with Crippen molar-refractivity contribution in [2.24, 2.45) is 5.92 Å². The van der Waals surface area contributed by atoms with Crippen LogP contribution in [0.1, 0.15) is 20.3 Å². The van der Waals surface area contributed by atoms with Gasteiger partial charge < -0.3 is 10.4 Å². The lowest BCUT2D eigenvalue weighted by Gasteiger charge is -2.12. The second-order valence-corrected chi connectivity index (χ2v) is 6.29. The Balaban J connectivity index is 2.62. The lowest BCUT2D eigenvalue weighted by atomic mass is 10.1. The number of aliphatic hydroxyl groups excluding tert-OH is 1. The Labute approximate surface area is 115 Å². The third kappa shape index (κ3) is 5.18. The zero-order valence-electron chi connectivity index (χ0n) is 11.4. The summed E-state index contributed by atoms with van der Waals surface area (Å²) in [6, 6.07) is 6.65. The molecule has 1 aromatic rings. The Kier molecular flexibility index (Phi) is 6.27. The van der Waals surface area contributed by atoms with E-state index >= 15 is 0 Å². The maximum atomic E-state index is 11.7. The molecule has 1 rings (SSSR count). The van der Waals surface area contributed by atoms with Crippen molar-refractivity contribution in [3.63, 3.8) is 0 Å². The molecule has 3 N–H and O–H groups in total. The standard InChI is InChI=1S/C13H22N2O3S/c1-3-15-19(17,18)13-6-4-12(5-7-13)14-10-11(2)8-9-16/h4-7,11,14-16H,3,8-10H2,1-2H3. The predicted molar refractivity (Wildman–Crippen MR) is 76.7 cm³/mol. The van der Waals surface area contributed by atoms with Crippen LogP contribution in [0, 0.1) is 5.92 Å². The van der Waals surface area contributed by atoms with E-state index in [1.807, 2.05) is 6.92 Å². The SMILES string of the molecule is CCNS(=O)(=O)c1ccc(NCC(C)CCO)cc1. The van der Waals surface area contributed by atoms with E-state index in [9.17, 15) is 8.42 Å². The second kappa shape index (κ2) is 7.47. The summed E-state index contributed by atoms with van der Waals surface area (Å²) in [5.74, 6) is 0.371. The number of aliphatic hydroxyl groups is 1. The minimum absolute atomic E-state index is 0.183. The van der Waals surface area contributed by atoms with E-state index in [0.29, 0.717) is 12.5 Å². The van der Waals surface area contributed by atoms with Crippen LogP contribution in [0.3, 0.4) is 0 Å². The minimum Gasteiger partial charge on any atom is -0.396 e. The predicted octanol–water partition coefficient (Wildman–Crippen LogP) is 1.42. The molecule has 0 heterocycles. The highest BCUT2D eigenvalue weighted by Crippen LogP contribution is 2.14. The van der Waals surface area contributed by atoms with Gasteiger partial charge in [0.05, 0.1) is 4.90 Å². The first-order valence-electron chi connectivity index (χ1n) is 6.44. The molecule has 108 valence electrons. The van der Waals surface area contributed by atoms with Gasteiger partial charge in [-0.05, 0) is 36.6 Å². The normalized spacial score (nSPS) is 13.2. The number of nitrogens with one attached hydrogen (secondary N) is 2. The van der Waals surface area contributed by atoms with E-state index in [0.717, 1.165) is 18.7 Å². The summed E-state index contributed by atoms with van der Waals surface area (Å²) in [4.78, 5) is 0.267.